The van der Waals surface area contributed by atoms with Crippen LogP contribution in [0.3, 0.4) is 0 Å². The Hall–Kier alpha value is -1.74. The zero-order chi connectivity index (χ0) is 14.6. The van der Waals surface area contributed by atoms with E-state index in [4.69, 9.17) is 0 Å². The van der Waals surface area contributed by atoms with Crippen LogP contribution in [0.15, 0.2) is 23.4 Å². The molecule has 108 valence electrons. The van der Waals surface area contributed by atoms with E-state index >= 15 is 0 Å². The number of nitrogens with one attached hydrogen (secondary N) is 2. The number of rotatable bonds is 6. The highest BCUT2D eigenvalue weighted by Crippen LogP contribution is 2.23. The molecule has 0 atom stereocenters. The summed E-state index contributed by atoms with van der Waals surface area (Å²) >= 11 is 1.00. The summed E-state index contributed by atoms with van der Waals surface area (Å²) in [5.74, 6) is 0.531. The maximum atomic E-state index is 12.3. The Morgan fingerprint density at radius 1 is 1.40 bits per heavy atom. The summed E-state index contributed by atoms with van der Waals surface area (Å²) in [5.41, 5.74) is 0.524. The van der Waals surface area contributed by atoms with Crippen LogP contribution in [0.1, 0.15) is 19.2 Å². The average molecular weight is 313 g/mol. The van der Waals surface area contributed by atoms with Crippen LogP contribution in [0.5, 0.6) is 0 Å². The van der Waals surface area contributed by atoms with Crippen LogP contribution in [-0.2, 0) is 10.0 Å². The van der Waals surface area contributed by atoms with Gasteiger partial charge in [0.05, 0.1) is 5.69 Å². The molecule has 2 aromatic heterocycles. The highest BCUT2D eigenvalue weighted by atomic mass is 32.2. The lowest BCUT2D eigenvalue weighted by Crippen LogP contribution is -2.16. The molecule has 0 unspecified atom stereocenters. The van der Waals surface area contributed by atoms with Crippen molar-refractivity contribution < 1.29 is 8.42 Å². The van der Waals surface area contributed by atoms with E-state index in [1.165, 1.54) is 6.20 Å². The lowest BCUT2D eigenvalue weighted by molar-refractivity contribution is 0.601. The Morgan fingerprint density at radius 3 is 2.85 bits per heavy atom. The molecule has 0 bridgehead atoms. The first-order valence-corrected chi connectivity index (χ1v) is 8.29. The Bertz CT molecular complexity index is 684. The van der Waals surface area contributed by atoms with Crippen molar-refractivity contribution in [1.82, 2.24) is 14.3 Å². The number of nitrogens with zero attached hydrogens (tertiary/aromatic N) is 3. The second-order valence-corrected chi connectivity index (χ2v) is 6.45. The minimum atomic E-state index is -3.73. The molecule has 9 heteroatoms. The molecule has 0 radical (unpaired) electrons. The van der Waals surface area contributed by atoms with Crippen molar-refractivity contribution in [2.75, 3.05) is 16.6 Å². The highest BCUT2D eigenvalue weighted by molar-refractivity contribution is 7.93. The van der Waals surface area contributed by atoms with Gasteiger partial charge < -0.3 is 5.32 Å². The predicted octanol–water partition coefficient (Wildman–Crippen LogP) is 1.86. The summed E-state index contributed by atoms with van der Waals surface area (Å²) in [6.07, 6.45) is 3.76. The standard InChI is InChI=1S/C11H15N5O2S2/c1-3-5-13-9-4-6-12-7-10(9)20(17,18)16-11-14-8(2)15-19-11/h4,6-7H,3,5H2,1-2H3,(H,12,13)(H,14,15,16). The van der Waals surface area contributed by atoms with E-state index in [9.17, 15) is 8.42 Å². The van der Waals surface area contributed by atoms with Gasteiger partial charge in [0.25, 0.3) is 10.0 Å². The molecular formula is C11H15N5O2S2. The lowest BCUT2D eigenvalue weighted by atomic mass is 10.4. The summed E-state index contributed by atoms with van der Waals surface area (Å²) in [6.45, 7) is 4.39. The van der Waals surface area contributed by atoms with Gasteiger partial charge in [-0.25, -0.2) is 13.4 Å². The van der Waals surface area contributed by atoms with Gasteiger partial charge in [-0.1, -0.05) is 6.92 Å². The van der Waals surface area contributed by atoms with Gasteiger partial charge in [0, 0.05) is 30.5 Å². The van der Waals surface area contributed by atoms with Crippen LogP contribution in [0.4, 0.5) is 10.8 Å². The minimum Gasteiger partial charge on any atom is -0.384 e. The van der Waals surface area contributed by atoms with Gasteiger partial charge in [-0.15, -0.1) is 0 Å². The fraction of sp³-hybridized carbons (Fsp3) is 0.364. The predicted molar refractivity (Wildman–Crippen MR) is 78.5 cm³/mol. The summed E-state index contributed by atoms with van der Waals surface area (Å²) in [5, 5.41) is 3.31. The Balaban J connectivity index is 2.29. The van der Waals surface area contributed by atoms with Crippen LogP contribution in [0.2, 0.25) is 0 Å². The first kappa shape index (κ1) is 14.7. The Kier molecular flexibility index (Phi) is 4.50. The Morgan fingerprint density at radius 2 is 2.20 bits per heavy atom. The fourth-order valence-corrected chi connectivity index (χ4v) is 3.43. The van der Waals surface area contributed by atoms with Crippen LogP contribution < -0.4 is 10.0 Å². The first-order chi connectivity index (χ1) is 9.53. The van der Waals surface area contributed by atoms with Gasteiger partial charge in [-0.3, -0.25) is 9.71 Å². The fourth-order valence-electron chi connectivity index (χ4n) is 1.51. The molecule has 0 saturated heterocycles. The summed E-state index contributed by atoms with van der Waals surface area (Å²) in [6, 6.07) is 1.63. The molecule has 7 nitrogen and oxygen atoms in total. The minimum absolute atomic E-state index is 0.0984. The normalized spacial score (nSPS) is 11.3. The molecule has 2 rings (SSSR count). The van der Waals surface area contributed by atoms with E-state index in [-0.39, 0.29) is 10.0 Å². The number of hydrogen-bond donors (Lipinski definition) is 2. The van der Waals surface area contributed by atoms with Crippen molar-refractivity contribution in [2.45, 2.75) is 25.2 Å². The van der Waals surface area contributed by atoms with E-state index in [2.05, 4.69) is 24.4 Å². The highest BCUT2D eigenvalue weighted by Gasteiger charge is 2.20. The van der Waals surface area contributed by atoms with Crippen molar-refractivity contribution in [3.05, 3.63) is 24.3 Å². The quantitative estimate of drug-likeness (QED) is 0.845. The number of hydrogen-bond acceptors (Lipinski definition) is 7. The van der Waals surface area contributed by atoms with Crippen molar-refractivity contribution in [3.8, 4) is 0 Å². The number of pyridine rings is 1. The number of aromatic nitrogens is 3. The van der Waals surface area contributed by atoms with Gasteiger partial charge >= 0.3 is 0 Å². The molecule has 0 spiro atoms. The van der Waals surface area contributed by atoms with Crippen molar-refractivity contribution in [1.29, 1.82) is 0 Å². The molecule has 0 amide bonds. The van der Waals surface area contributed by atoms with Crippen LogP contribution >= 0.6 is 11.5 Å². The van der Waals surface area contributed by atoms with Crippen LogP contribution in [-0.4, -0.2) is 29.3 Å². The molecule has 20 heavy (non-hydrogen) atoms. The van der Waals surface area contributed by atoms with E-state index in [0.29, 0.717) is 18.1 Å². The first-order valence-electron chi connectivity index (χ1n) is 6.04. The third kappa shape index (κ3) is 3.42. The van der Waals surface area contributed by atoms with Gasteiger partial charge in [-0.05, 0) is 19.4 Å². The largest absolute Gasteiger partial charge is 0.384 e. The summed E-state index contributed by atoms with van der Waals surface area (Å²) < 4.78 is 31.0. The topological polar surface area (TPSA) is 96.9 Å². The van der Waals surface area contributed by atoms with Crippen LogP contribution in [0.25, 0.3) is 0 Å². The zero-order valence-electron chi connectivity index (χ0n) is 11.1. The van der Waals surface area contributed by atoms with Gasteiger partial charge in [0.2, 0.25) is 5.13 Å². The van der Waals surface area contributed by atoms with E-state index in [1.54, 1.807) is 19.2 Å². The van der Waals surface area contributed by atoms with Gasteiger partial charge in [0.1, 0.15) is 10.7 Å². The SMILES string of the molecule is CCCNc1ccncc1S(=O)(=O)Nc1nc(C)ns1. The zero-order valence-corrected chi connectivity index (χ0v) is 12.8. The smallest absolute Gasteiger partial charge is 0.267 e. The van der Waals surface area contributed by atoms with Crippen LogP contribution in [0, 0.1) is 6.92 Å². The van der Waals surface area contributed by atoms with Gasteiger partial charge in [0.15, 0.2) is 0 Å². The molecule has 0 aliphatic carbocycles. The van der Waals surface area contributed by atoms with Crippen molar-refractivity contribution >= 4 is 32.4 Å². The average Bonchev–Trinajstić information content (AvgIpc) is 2.81. The third-order valence-corrected chi connectivity index (χ3v) is 4.61. The van der Waals surface area contributed by atoms with Crippen molar-refractivity contribution in [2.24, 2.45) is 0 Å². The molecule has 0 aliphatic heterocycles. The molecule has 0 aromatic carbocycles. The molecule has 2 aromatic rings. The molecule has 0 saturated carbocycles. The number of anilines is 2. The lowest BCUT2D eigenvalue weighted by Gasteiger charge is -2.11. The third-order valence-electron chi connectivity index (χ3n) is 2.39. The van der Waals surface area contributed by atoms with Crippen molar-refractivity contribution in [3.63, 3.8) is 0 Å². The molecular weight excluding hydrogens is 298 g/mol. The second kappa shape index (κ2) is 6.14. The van der Waals surface area contributed by atoms with Gasteiger partial charge in [-0.2, -0.15) is 4.37 Å². The molecule has 2 N–H and O–H groups in total. The molecule has 0 fully saturated rings. The van der Waals surface area contributed by atoms with E-state index in [1.807, 2.05) is 6.92 Å². The number of sulfonamides is 1. The molecule has 2 heterocycles. The Labute approximate surface area is 121 Å². The molecule has 0 aliphatic rings. The maximum absolute atomic E-state index is 12.3. The summed E-state index contributed by atoms with van der Waals surface area (Å²) in [7, 11) is -3.73. The van der Waals surface area contributed by atoms with E-state index in [0.717, 1.165) is 18.0 Å². The maximum Gasteiger partial charge on any atom is 0.267 e. The summed E-state index contributed by atoms with van der Waals surface area (Å²) in [4.78, 5) is 7.96. The van der Waals surface area contributed by atoms with E-state index < -0.39 is 10.0 Å². The second-order valence-electron chi connectivity index (χ2n) is 4.05. The monoisotopic (exact) mass is 313 g/mol. The number of aryl methyl sites for hydroxylation is 1.